The van der Waals surface area contributed by atoms with Gasteiger partial charge in [0.1, 0.15) is 12.1 Å². The Balaban J connectivity index is 2.75. The number of carbonyl (C=O) groups excluding carboxylic acids is 1. The Morgan fingerprint density at radius 1 is 1.75 bits per heavy atom. The van der Waals surface area contributed by atoms with Crippen LogP contribution >= 0.6 is 0 Å². The zero-order chi connectivity index (χ0) is 12.3. The predicted molar refractivity (Wildman–Crippen MR) is 59.2 cm³/mol. The highest BCUT2D eigenvalue weighted by Crippen LogP contribution is 2.24. The van der Waals surface area contributed by atoms with E-state index in [0.29, 0.717) is 13.0 Å². The van der Waals surface area contributed by atoms with Crippen LogP contribution in [0.4, 0.5) is 0 Å². The second-order valence-electron chi connectivity index (χ2n) is 4.91. The zero-order valence-corrected chi connectivity index (χ0v) is 9.81. The molecule has 0 spiro atoms. The average molecular weight is 225 g/mol. The first-order valence-corrected chi connectivity index (χ1v) is 5.52. The maximum absolute atomic E-state index is 12.0. The van der Waals surface area contributed by atoms with Crippen LogP contribution in [0.25, 0.3) is 0 Å². The number of likely N-dealkylation sites (tertiary alicyclic amines) is 1. The number of nitrogens with zero attached hydrogens (tertiary/aromatic N) is 2. The van der Waals surface area contributed by atoms with Gasteiger partial charge < -0.3 is 15.7 Å². The molecule has 0 saturated carbocycles. The van der Waals surface area contributed by atoms with Crippen LogP contribution in [0, 0.1) is 16.7 Å². The van der Waals surface area contributed by atoms with Crippen LogP contribution in [0.2, 0.25) is 0 Å². The first-order chi connectivity index (χ1) is 7.44. The van der Waals surface area contributed by atoms with Crippen molar-refractivity contribution < 1.29 is 9.90 Å². The van der Waals surface area contributed by atoms with E-state index in [2.05, 4.69) is 6.07 Å². The zero-order valence-electron chi connectivity index (χ0n) is 9.81. The van der Waals surface area contributed by atoms with Crippen molar-refractivity contribution in [1.29, 1.82) is 5.26 Å². The summed E-state index contributed by atoms with van der Waals surface area (Å²) in [7, 11) is 0. The molecule has 1 saturated heterocycles. The molecule has 1 rings (SSSR count). The molecule has 0 aromatic heterocycles. The van der Waals surface area contributed by atoms with Gasteiger partial charge in [0.05, 0.1) is 6.07 Å². The lowest BCUT2D eigenvalue weighted by atomic mass is 9.86. The molecule has 3 N–H and O–H groups in total. The number of aliphatic hydroxyl groups is 1. The number of rotatable bonds is 3. The largest absolute Gasteiger partial charge is 0.383 e. The summed E-state index contributed by atoms with van der Waals surface area (Å²) >= 11 is 0. The Labute approximate surface area is 95.8 Å². The number of nitrogens with two attached hydrogens (primary N) is 1. The maximum atomic E-state index is 12.0. The third-order valence-electron chi connectivity index (χ3n) is 3.19. The summed E-state index contributed by atoms with van der Waals surface area (Å²) in [6.07, 6.45) is 0.379. The summed E-state index contributed by atoms with van der Waals surface area (Å²) < 4.78 is 0. The topological polar surface area (TPSA) is 90.3 Å². The van der Waals surface area contributed by atoms with Gasteiger partial charge in [-0.15, -0.1) is 0 Å². The van der Waals surface area contributed by atoms with Crippen molar-refractivity contribution in [2.45, 2.75) is 38.8 Å². The van der Waals surface area contributed by atoms with Crippen LogP contribution in [-0.4, -0.2) is 41.1 Å². The van der Waals surface area contributed by atoms with Gasteiger partial charge in [-0.2, -0.15) is 5.26 Å². The Morgan fingerprint density at radius 2 is 2.38 bits per heavy atom. The van der Waals surface area contributed by atoms with E-state index in [1.165, 1.54) is 4.90 Å². The van der Waals surface area contributed by atoms with Crippen molar-refractivity contribution in [1.82, 2.24) is 4.90 Å². The first-order valence-electron chi connectivity index (χ1n) is 5.52. The average Bonchev–Trinajstić information content (AvgIpc) is 2.74. The number of amides is 1. The van der Waals surface area contributed by atoms with Crippen LogP contribution in [0.3, 0.4) is 0 Å². The van der Waals surface area contributed by atoms with Gasteiger partial charge in [-0.3, -0.25) is 4.79 Å². The SMILES string of the molecule is CC(C)(CN)C(O)C(=O)N1CCC[C@H]1C#N. The highest BCUT2D eigenvalue weighted by atomic mass is 16.3. The van der Waals surface area contributed by atoms with Crippen molar-refractivity contribution in [2.75, 3.05) is 13.1 Å². The van der Waals surface area contributed by atoms with Gasteiger partial charge >= 0.3 is 0 Å². The van der Waals surface area contributed by atoms with E-state index in [1.807, 2.05) is 0 Å². The first kappa shape index (κ1) is 12.9. The van der Waals surface area contributed by atoms with Gasteiger partial charge in [-0.25, -0.2) is 0 Å². The molecule has 0 aliphatic carbocycles. The third-order valence-corrected chi connectivity index (χ3v) is 3.19. The van der Waals surface area contributed by atoms with E-state index in [4.69, 9.17) is 11.0 Å². The molecule has 1 aliphatic heterocycles. The summed E-state index contributed by atoms with van der Waals surface area (Å²) in [4.78, 5) is 13.4. The number of hydrogen-bond acceptors (Lipinski definition) is 4. The Hall–Kier alpha value is -1.12. The minimum Gasteiger partial charge on any atom is -0.383 e. The number of carbonyl (C=O) groups is 1. The maximum Gasteiger partial charge on any atom is 0.253 e. The van der Waals surface area contributed by atoms with E-state index < -0.39 is 17.6 Å². The van der Waals surface area contributed by atoms with Crippen LogP contribution in [0.1, 0.15) is 26.7 Å². The molecule has 1 amide bonds. The van der Waals surface area contributed by atoms with Crippen LogP contribution < -0.4 is 5.73 Å². The van der Waals surface area contributed by atoms with Crippen molar-refractivity contribution in [3.8, 4) is 6.07 Å². The minimum absolute atomic E-state index is 0.227. The fourth-order valence-electron chi connectivity index (χ4n) is 1.77. The van der Waals surface area contributed by atoms with Gasteiger partial charge in [0.15, 0.2) is 0 Å². The van der Waals surface area contributed by atoms with Gasteiger partial charge in [0.25, 0.3) is 5.91 Å². The van der Waals surface area contributed by atoms with Gasteiger partial charge in [0.2, 0.25) is 0 Å². The number of nitriles is 1. The van der Waals surface area contributed by atoms with Crippen LogP contribution in [-0.2, 0) is 4.79 Å². The highest BCUT2D eigenvalue weighted by molar-refractivity contribution is 5.82. The molecular weight excluding hydrogens is 206 g/mol. The quantitative estimate of drug-likeness (QED) is 0.698. The fraction of sp³-hybridized carbons (Fsp3) is 0.818. The van der Waals surface area contributed by atoms with Crippen molar-refractivity contribution in [3.63, 3.8) is 0 Å². The van der Waals surface area contributed by atoms with E-state index in [-0.39, 0.29) is 12.5 Å². The molecule has 0 radical (unpaired) electrons. The lowest BCUT2D eigenvalue weighted by molar-refractivity contribution is -0.146. The molecule has 90 valence electrons. The molecule has 1 heterocycles. The minimum atomic E-state index is -1.13. The van der Waals surface area contributed by atoms with Crippen LogP contribution in [0.5, 0.6) is 0 Å². The number of aliphatic hydroxyl groups excluding tert-OH is 1. The standard InChI is InChI=1S/C11H19N3O2/c1-11(2,7-13)9(15)10(16)14-5-3-4-8(14)6-12/h8-9,15H,3-5,7,13H2,1-2H3/t8-,9?/m0/s1. The highest BCUT2D eigenvalue weighted by Gasteiger charge is 2.39. The van der Waals surface area contributed by atoms with Crippen molar-refractivity contribution >= 4 is 5.91 Å². The Kier molecular flexibility index (Phi) is 3.89. The molecule has 1 fully saturated rings. The molecule has 5 heteroatoms. The number of hydrogen-bond donors (Lipinski definition) is 2. The fourth-order valence-corrected chi connectivity index (χ4v) is 1.77. The normalized spacial score (nSPS) is 22.9. The summed E-state index contributed by atoms with van der Waals surface area (Å²) in [5.74, 6) is -0.375. The van der Waals surface area contributed by atoms with Crippen molar-refractivity contribution in [2.24, 2.45) is 11.1 Å². The molecule has 1 unspecified atom stereocenters. The molecule has 5 nitrogen and oxygen atoms in total. The smallest absolute Gasteiger partial charge is 0.253 e. The third kappa shape index (κ3) is 2.34. The summed E-state index contributed by atoms with van der Waals surface area (Å²) in [5, 5.41) is 18.8. The second kappa shape index (κ2) is 4.81. The summed E-state index contributed by atoms with van der Waals surface area (Å²) in [6, 6.07) is 1.69. The van der Waals surface area contributed by atoms with Gasteiger partial charge in [-0.05, 0) is 12.8 Å². The lowest BCUT2D eigenvalue weighted by Crippen LogP contribution is -2.50. The van der Waals surface area contributed by atoms with Gasteiger partial charge in [-0.1, -0.05) is 13.8 Å². The Morgan fingerprint density at radius 3 is 2.88 bits per heavy atom. The van der Waals surface area contributed by atoms with E-state index >= 15 is 0 Å². The summed E-state index contributed by atoms with van der Waals surface area (Å²) in [6.45, 7) is 4.26. The van der Waals surface area contributed by atoms with E-state index in [1.54, 1.807) is 13.8 Å². The van der Waals surface area contributed by atoms with E-state index in [9.17, 15) is 9.90 Å². The monoisotopic (exact) mass is 225 g/mol. The molecule has 0 bridgehead atoms. The molecular formula is C11H19N3O2. The molecule has 16 heavy (non-hydrogen) atoms. The predicted octanol–water partition coefficient (Wildman–Crippen LogP) is -0.153. The molecule has 1 aliphatic rings. The molecule has 0 aromatic carbocycles. The van der Waals surface area contributed by atoms with Crippen molar-refractivity contribution in [3.05, 3.63) is 0 Å². The lowest BCUT2D eigenvalue weighted by Gasteiger charge is -2.32. The summed E-state index contributed by atoms with van der Waals surface area (Å²) in [5.41, 5.74) is 4.86. The Bertz CT molecular complexity index is 309. The van der Waals surface area contributed by atoms with Crippen LogP contribution in [0.15, 0.2) is 0 Å². The van der Waals surface area contributed by atoms with Gasteiger partial charge in [0, 0.05) is 18.5 Å². The van der Waals surface area contributed by atoms with E-state index in [0.717, 1.165) is 6.42 Å². The molecule has 2 atom stereocenters. The molecule has 0 aromatic rings. The second-order valence-corrected chi connectivity index (χ2v) is 4.91.